The van der Waals surface area contributed by atoms with Crippen molar-refractivity contribution in [3.63, 3.8) is 0 Å². The van der Waals surface area contributed by atoms with Crippen LogP contribution in [0.5, 0.6) is 0 Å². The molecule has 2 heterocycles. The van der Waals surface area contributed by atoms with Gasteiger partial charge < -0.3 is 15.5 Å². The van der Waals surface area contributed by atoms with Gasteiger partial charge in [-0.2, -0.15) is 0 Å². The van der Waals surface area contributed by atoms with Crippen molar-refractivity contribution in [3.05, 3.63) is 30.1 Å². The summed E-state index contributed by atoms with van der Waals surface area (Å²) in [7, 11) is 1.88. The summed E-state index contributed by atoms with van der Waals surface area (Å²) in [4.78, 5) is 29.7. The van der Waals surface area contributed by atoms with Gasteiger partial charge in [-0.05, 0) is 32.0 Å². The highest BCUT2D eigenvalue weighted by atomic mass is 35.5. The Labute approximate surface area is 142 Å². The van der Waals surface area contributed by atoms with Gasteiger partial charge >= 0.3 is 0 Å². The minimum absolute atomic E-state index is 0. The Balaban J connectivity index is 0.00000220. The largest absolute Gasteiger partial charge is 0.342 e. The summed E-state index contributed by atoms with van der Waals surface area (Å²) in [5, 5.41) is 5.72. The summed E-state index contributed by atoms with van der Waals surface area (Å²) in [6, 6.07) is 5.35. The van der Waals surface area contributed by atoms with Gasteiger partial charge in [-0.15, -0.1) is 24.8 Å². The number of hydrogen-bond donors (Lipinski definition) is 2. The van der Waals surface area contributed by atoms with Crippen molar-refractivity contribution in [2.24, 2.45) is 0 Å². The zero-order chi connectivity index (χ0) is 14.4. The number of carbonyl (C=O) groups excluding carboxylic acids is 2. The number of carbonyl (C=O) groups is 2. The first-order chi connectivity index (χ1) is 9.72. The maximum absolute atomic E-state index is 12.1. The van der Waals surface area contributed by atoms with E-state index in [1.165, 1.54) is 0 Å². The third kappa shape index (κ3) is 5.44. The smallest absolute Gasteiger partial charge is 0.270 e. The van der Waals surface area contributed by atoms with E-state index < -0.39 is 0 Å². The van der Waals surface area contributed by atoms with Gasteiger partial charge in [0, 0.05) is 25.3 Å². The SMILES string of the molecule is CNCC1CCCN1C(=O)CNC(=O)c1ccccn1.Cl.Cl. The van der Waals surface area contributed by atoms with Gasteiger partial charge in [0.15, 0.2) is 0 Å². The lowest BCUT2D eigenvalue weighted by Crippen LogP contribution is -2.45. The second kappa shape index (κ2) is 10.4. The molecule has 124 valence electrons. The molecule has 1 atom stereocenters. The molecular weight excluding hydrogens is 327 g/mol. The first-order valence-electron chi connectivity index (χ1n) is 6.85. The van der Waals surface area contributed by atoms with Crippen molar-refractivity contribution in [1.82, 2.24) is 20.5 Å². The predicted octanol–water partition coefficient (Wildman–Crippen LogP) is 0.865. The second-order valence-corrected chi connectivity index (χ2v) is 4.84. The number of nitrogens with one attached hydrogen (secondary N) is 2. The summed E-state index contributed by atoms with van der Waals surface area (Å²) >= 11 is 0. The topological polar surface area (TPSA) is 74.3 Å². The minimum Gasteiger partial charge on any atom is -0.342 e. The van der Waals surface area contributed by atoms with Crippen LogP contribution < -0.4 is 10.6 Å². The molecule has 2 amide bonds. The zero-order valence-electron chi connectivity index (χ0n) is 12.4. The fourth-order valence-corrected chi connectivity index (χ4v) is 2.46. The fraction of sp³-hybridized carbons (Fsp3) is 0.500. The Hall–Kier alpha value is -1.37. The average Bonchev–Trinajstić information content (AvgIpc) is 2.94. The number of aromatic nitrogens is 1. The van der Waals surface area contributed by atoms with Crippen LogP contribution in [0.3, 0.4) is 0 Å². The molecule has 1 aliphatic rings. The number of halogens is 2. The summed E-state index contributed by atoms with van der Waals surface area (Å²) in [5.74, 6) is -0.352. The molecule has 2 N–H and O–H groups in total. The molecule has 0 bridgehead atoms. The number of nitrogens with zero attached hydrogens (tertiary/aromatic N) is 2. The van der Waals surface area contributed by atoms with Gasteiger partial charge in [-0.3, -0.25) is 14.6 Å². The van der Waals surface area contributed by atoms with Gasteiger partial charge in [0.25, 0.3) is 5.91 Å². The molecule has 0 spiro atoms. The van der Waals surface area contributed by atoms with Crippen LogP contribution in [0.4, 0.5) is 0 Å². The Bertz CT molecular complexity index is 473. The highest BCUT2D eigenvalue weighted by Crippen LogP contribution is 2.16. The first kappa shape index (κ1) is 20.6. The summed E-state index contributed by atoms with van der Waals surface area (Å²) < 4.78 is 0. The Morgan fingerprint density at radius 1 is 1.36 bits per heavy atom. The lowest BCUT2D eigenvalue weighted by atomic mass is 10.2. The molecule has 6 nitrogen and oxygen atoms in total. The normalized spacial score (nSPS) is 16.4. The van der Waals surface area contributed by atoms with E-state index in [4.69, 9.17) is 0 Å². The van der Waals surface area contributed by atoms with E-state index in [0.717, 1.165) is 25.9 Å². The maximum Gasteiger partial charge on any atom is 0.270 e. The van der Waals surface area contributed by atoms with Gasteiger partial charge in [0.1, 0.15) is 5.69 Å². The van der Waals surface area contributed by atoms with E-state index in [1.54, 1.807) is 24.4 Å². The molecule has 1 saturated heterocycles. The van der Waals surface area contributed by atoms with E-state index in [0.29, 0.717) is 5.69 Å². The van der Waals surface area contributed by atoms with Crippen molar-refractivity contribution in [2.45, 2.75) is 18.9 Å². The summed E-state index contributed by atoms with van der Waals surface area (Å²) in [6.07, 6.45) is 3.59. The van der Waals surface area contributed by atoms with Crippen LogP contribution >= 0.6 is 24.8 Å². The quantitative estimate of drug-likeness (QED) is 0.827. The molecule has 8 heteroatoms. The monoisotopic (exact) mass is 348 g/mol. The van der Waals surface area contributed by atoms with Gasteiger partial charge in [-0.25, -0.2) is 0 Å². The molecule has 1 aliphatic heterocycles. The predicted molar refractivity (Wildman–Crippen MR) is 89.7 cm³/mol. The molecule has 1 aromatic rings. The average molecular weight is 349 g/mol. The minimum atomic E-state index is -0.316. The number of pyridine rings is 1. The molecule has 2 rings (SSSR count). The van der Waals surface area contributed by atoms with Gasteiger partial charge in [-0.1, -0.05) is 6.07 Å². The van der Waals surface area contributed by atoms with Crippen molar-refractivity contribution in [2.75, 3.05) is 26.7 Å². The molecule has 0 aliphatic carbocycles. The van der Waals surface area contributed by atoms with Crippen LogP contribution in [-0.4, -0.2) is 54.4 Å². The number of hydrogen-bond acceptors (Lipinski definition) is 4. The third-order valence-electron chi connectivity index (χ3n) is 3.43. The van der Waals surface area contributed by atoms with Crippen LogP contribution in [0.2, 0.25) is 0 Å². The van der Waals surface area contributed by atoms with E-state index in [-0.39, 0.29) is 49.2 Å². The van der Waals surface area contributed by atoms with E-state index in [2.05, 4.69) is 15.6 Å². The molecule has 1 unspecified atom stereocenters. The zero-order valence-corrected chi connectivity index (χ0v) is 14.1. The maximum atomic E-state index is 12.1. The summed E-state index contributed by atoms with van der Waals surface area (Å²) in [6.45, 7) is 1.58. The van der Waals surface area contributed by atoms with E-state index in [9.17, 15) is 9.59 Å². The number of rotatable bonds is 5. The van der Waals surface area contributed by atoms with Gasteiger partial charge in [0.05, 0.1) is 6.54 Å². The first-order valence-corrected chi connectivity index (χ1v) is 6.85. The van der Waals surface area contributed by atoms with Crippen molar-refractivity contribution in [3.8, 4) is 0 Å². The number of likely N-dealkylation sites (tertiary alicyclic amines) is 1. The molecule has 1 aromatic heterocycles. The summed E-state index contributed by atoms with van der Waals surface area (Å²) in [5.41, 5.74) is 0.327. The standard InChI is InChI=1S/C14H20N4O2.2ClH/c1-15-9-11-5-4-8-18(11)13(19)10-17-14(20)12-6-2-3-7-16-12;;/h2-3,6-7,11,15H,4-5,8-10H2,1H3,(H,17,20);2*1H. The van der Waals surface area contributed by atoms with E-state index in [1.807, 2.05) is 11.9 Å². The van der Waals surface area contributed by atoms with Crippen LogP contribution in [0.1, 0.15) is 23.3 Å². The third-order valence-corrected chi connectivity index (χ3v) is 3.43. The van der Waals surface area contributed by atoms with Crippen LogP contribution in [-0.2, 0) is 4.79 Å². The highest BCUT2D eigenvalue weighted by molar-refractivity contribution is 5.94. The number of amides is 2. The highest BCUT2D eigenvalue weighted by Gasteiger charge is 2.27. The van der Waals surface area contributed by atoms with Crippen molar-refractivity contribution in [1.29, 1.82) is 0 Å². The van der Waals surface area contributed by atoms with Crippen LogP contribution in [0.15, 0.2) is 24.4 Å². The second-order valence-electron chi connectivity index (χ2n) is 4.84. The van der Waals surface area contributed by atoms with Crippen molar-refractivity contribution < 1.29 is 9.59 Å². The van der Waals surface area contributed by atoms with Crippen molar-refractivity contribution >= 4 is 36.6 Å². The lowest BCUT2D eigenvalue weighted by Gasteiger charge is -2.24. The van der Waals surface area contributed by atoms with Gasteiger partial charge in [0.2, 0.25) is 5.91 Å². The molecule has 22 heavy (non-hydrogen) atoms. The van der Waals surface area contributed by atoms with Crippen LogP contribution in [0, 0.1) is 0 Å². The molecule has 0 radical (unpaired) electrons. The fourth-order valence-electron chi connectivity index (χ4n) is 2.46. The lowest BCUT2D eigenvalue weighted by molar-refractivity contribution is -0.130. The molecule has 0 saturated carbocycles. The number of likely N-dealkylation sites (N-methyl/N-ethyl adjacent to an activating group) is 1. The molecule has 1 fully saturated rings. The Morgan fingerprint density at radius 2 is 2.14 bits per heavy atom. The van der Waals surface area contributed by atoms with Crippen LogP contribution in [0.25, 0.3) is 0 Å². The molecular formula is C14H22Cl2N4O2. The molecule has 0 aromatic carbocycles. The Morgan fingerprint density at radius 3 is 2.77 bits per heavy atom. The van der Waals surface area contributed by atoms with E-state index >= 15 is 0 Å². The Kier molecular flexibility index (Phi) is 9.73.